The summed E-state index contributed by atoms with van der Waals surface area (Å²) in [5.41, 5.74) is 0.899. The van der Waals surface area contributed by atoms with Gasteiger partial charge in [0.1, 0.15) is 17.5 Å². The van der Waals surface area contributed by atoms with Gasteiger partial charge in [-0.25, -0.2) is 9.59 Å². The molecule has 0 fully saturated rings. The molecule has 0 saturated carbocycles. The molecule has 1 aromatic rings. The first-order chi connectivity index (χ1) is 10.0. The number of ether oxygens (including phenoxy) is 2. The first-order valence-corrected chi connectivity index (χ1v) is 7.28. The molecule has 0 heterocycles. The average Bonchev–Trinajstić information content (AvgIpc) is 2.49. The van der Waals surface area contributed by atoms with E-state index < -0.39 is 16.8 Å². The molecule has 0 bridgehead atoms. The van der Waals surface area contributed by atoms with E-state index in [4.69, 9.17) is 27.9 Å². The van der Waals surface area contributed by atoms with Gasteiger partial charge in [-0.1, -0.05) is 37.3 Å². The maximum absolute atomic E-state index is 11.7. The van der Waals surface area contributed by atoms with Crippen molar-refractivity contribution in [3.05, 3.63) is 48.0 Å². The molecular weight excluding hydrogens is 315 g/mol. The van der Waals surface area contributed by atoms with Crippen molar-refractivity contribution in [2.45, 2.75) is 24.3 Å². The van der Waals surface area contributed by atoms with Gasteiger partial charge in [0.2, 0.25) is 0 Å². The number of carbonyl (C=O) groups excluding carboxylic acids is 2. The van der Waals surface area contributed by atoms with E-state index in [-0.39, 0.29) is 12.7 Å². The van der Waals surface area contributed by atoms with Crippen LogP contribution in [0.3, 0.4) is 0 Å². The zero-order valence-corrected chi connectivity index (χ0v) is 13.0. The molecule has 114 valence electrons. The zero-order chi connectivity index (χ0) is 15.7. The Bertz CT molecular complexity index is 486. The Morgan fingerprint density at radius 1 is 1.14 bits per heavy atom. The van der Waals surface area contributed by atoms with E-state index in [1.807, 2.05) is 37.3 Å². The van der Waals surface area contributed by atoms with E-state index in [9.17, 15) is 9.59 Å². The minimum atomic E-state index is -0.795. The van der Waals surface area contributed by atoms with Crippen LogP contribution in [0.2, 0.25) is 0 Å². The van der Waals surface area contributed by atoms with Crippen molar-refractivity contribution in [3.8, 4) is 0 Å². The second kappa shape index (κ2) is 9.42. The van der Waals surface area contributed by atoms with E-state index in [0.29, 0.717) is 6.42 Å². The Morgan fingerprint density at radius 3 is 2.33 bits per heavy atom. The zero-order valence-electron chi connectivity index (χ0n) is 11.5. The summed E-state index contributed by atoms with van der Waals surface area (Å²) in [5.74, 6) is -1.32. The predicted molar refractivity (Wildman–Crippen MR) is 81.2 cm³/mol. The molecule has 0 N–H and O–H groups in total. The van der Waals surface area contributed by atoms with Crippen LogP contribution in [-0.2, 0) is 19.1 Å². The van der Waals surface area contributed by atoms with Crippen LogP contribution >= 0.6 is 23.2 Å². The molecule has 0 aromatic heterocycles. The number of benzene rings is 1. The number of hydrogen-bond acceptors (Lipinski definition) is 4. The van der Waals surface area contributed by atoms with E-state index in [1.54, 1.807) is 0 Å². The summed E-state index contributed by atoms with van der Waals surface area (Å²) in [6.07, 6.45) is 2.28. The smallest absolute Gasteiger partial charge is 0.331 e. The molecular formula is C15H16Cl2O4. The molecule has 0 aliphatic rings. The molecule has 1 atom stereocenters. The van der Waals surface area contributed by atoms with Gasteiger partial charge >= 0.3 is 11.9 Å². The Hall–Kier alpha value is -1.52. The van der Waals surface area contributed by atoms with Gasteiger partial charge in [-0.3, -0.25) is 0 Å². The lowest BCUT2D eigenvalue weighted by Crippen LogP contribution is -2.11. The highest BCUT2D eigenvalue weighted by Gasteiger charge is 2.13. The minimum absolute atomic E-state index is 0.136. The number of halogens is 2. The molecule has 0 aliphatic heterocycles. The van der Waals surface area contributed by atoms with Gasteiger partial charge in [0.25, 0.3) is 0 Å². The summed E-state index contributed by atoms with van der Waals surface area (Å²) >= 11 is 10.8. The normalized spacial score (nSPS) is 12.4. The van der Waals surface area contributed by atoms with Gasteiger partial charge in [0, 0.05) is 12.2 Å². The lowest BCUT2D eigenvalue weighted by atomic mass is 10.1. The number of esters is 2. The van der Waals surface area contributed by atoms with E-state index >= 15 is 0 Å². The topological polar surface area (TPSA) is 52.6 Å². The summed E-state index contributed by atoms with van der Waals surface area (Å²) in [6.45, 7) is 1.77. The van der Waals surface area contributed by atoms with Crippen LogP contribution in [-0.4, -0.2) is 23.4 Å². The fraction of sp³-hybridized carbons (Fsp3) is 0.333. The summed E-state index contributed by atoms with van der Waals surface area (Å²) < 4.78 is 9.95. The van der Waals surface area contributed by atoms with Crippen LogP contribution in [0.25, 0.3) is 0 Å². The van der Waals surface area contributed by atoms with Gasteiger partial charge in [0.05, 0.1) is 0 Å². The van der Waals surface area contributed by atoms with Crippen molar-refractivity contribution in [1.29, 1.82) is 0 Å². The monoisotopic (exact) mass is 330 g/mol. The van der Waals surface area contributed by atoms with Gasteiger partial charge in [-0.05, 0) is 12.0 Å². The maximum Gasteiger partial charge on any atom is 0.331 e. The first-order valence-electron chi connectivity index (χ1n) is 6.41. The quantitative estimate of drug-likeness (QED) is 0.435. The predicted octanol–water partition coefficient (Wildman–Crippen LogP) is 3.58. The number of hydrogen-bond donors (Lipinski definition) is 0. The second-order valence-corrected chi connectivity index (χ2v) is 5.38. The van der Waals surface area contributed by atoms with Crippen molar-refractivity contribution in [1.82, 2.24) is 0 Å². The number of alkyl halides is 2. The second-order valence-electron chi connectivity index (χ2n) is 4.10. The van der Waals surface area contributed by atoms with Crippen molar-refractivity contribution in [2.75, 3.05) is 6.61 Å². The highest BCUT2D eigenvalue weighted by Crippen LogP contribution is 2.20. The molecule has 4 nitrogen and oxygen atoms in total. The summed E-state index contributed by atoms with van der Waals surface area (Å²) in [7, 11) is 0. The molecule has 1 unspecified atom stereocenters. The van der Waals surface area contributed by atoms with Gasteiger partial charge in [-0.15, -0.1) is 23.2 Å². The first kappa shape index (κ1) is 17.5. The molecule has 21 heavy (non-hydrogen) atoms. The van der Waals surface area contributed by atoms with E-state index in [2.05, 4.69) is 4.74 Å². The molecule has 1 rings (SSSR count). The molecule has 0 amide bonds. The fourth-order valence-electron chi connectivity index (χ4n) is 1.56. The van der Waals surface area contributed by atoms with Crippen LogP contribution in [0.4, 0.5) is 0 Å². The average molecular weight is 331 g/mol. The third kappa shape index (κ3) is 7.16. The molecule has 0 saturated heterocycles. The molecule has 0 aliphatic carbocycles. The third-order valence-corrected chi connectivity index (χ3v) is 2.76. The van der Waals surface area contributed by atoms with Crippen molar-refractivity contribution < 1.29 is 19.1 Å². The van der Waals surface area contributed by atoms with E-state index in [0.717, 1.165) is 17.7 Å². The van der Waals surface area contributed by atoms with Crippen LogP contribution < -0.4 is 0 Å². The standard InChI is InChI=1S/C15H16Cl2O4/c1-2-12(11-6-4-3-5-7-11)21-15(19)9-8-14(18)20-10-13(16)17/h3-9,12-13H,2,10H2,1H3/b9-8+. The van der Waals surface area contributed by atoms with Gasteiger partial charge in [0.15, 0.2) is 0 Å². The van der Waals surface area contributed by atoms with Crippen molar-refractivity contribution >= 4 is 35.1 Å². The van der Waals surface area contributed by atoms with Crippen LogP contribution in [0.1, 0.15) is 25.0 Å². The Labute approximate surface area is 133 Å². The lowest BCUT2D eigenvalue weighted by Gasteiger charge is -2.15. The molecule has 0 spiro atoms. The summed E-state index contributed by atoms with van der Waals surface area (Å²) in [5, 5.41) is 0. The largest absolute Gasteiger partial charge is 0.460 e. The van der Waals surface area contributed by atoms with E-state index in [1.165, 1.54) is 0 Å². The van der Waals surface area contributed by atoms with Crippen molar-refractivity contribution in [2.24, 2.45) is 0 Å². The van der Waals surface area contributed by atoms with Gasteiger partial charge < -0.3 is 9.47 Å². The number of carbonyl (C=O) groups is 2. The van der Waals surface area contributed by atoms with Gasteiger partial charge in [-0.2, -0.15) is 0 Å². The highest BCUT2D eigenvalue weighted by atomic mass is 35.5. The maximum atomic E-state index is 11.7. The molecule has 6 heteroatoms. The Balaban J connectivity index is 2.50. The SMILES string of the molecule is CCC(OC(=O)/C=C/C(=O)OCC(Cl)Cl)c1ccccc1. The Kier molecular flexibility index (Phi) is 7.87. The van der Waals surface area contributed by atoms with Crippen LogP contribution in [0.15, 0.2) is 42.5 Å². The summed E-state index contributed by atoms with van der Waals surface area (Å²) in [4.78, 5) is 22.1. The minimum Gasteiger partial charge on any atom is -0.460 e. The van der Waals surface area contributed by atoms with Crippen LogP contribution in [0.5, 0.6) is 0 Å². The van der Waals surface area contributed by atoms with Crippen LogP contribution in [0, 0.1) is 0 Å². The molecule has 1 aromatic carbocycles. The fourth-order valence-corrected chi connectivity index (χ4v) is 1.69. The molecule has 0 radical (unpaired) electrons. The lowest BCUT2D eigenvalue weighted by molar-refractivity contribution is -0.144. The third-order valence-electron chi connectivity index (χ3n) is 2.51. The summed E-state index contributed by atoms with van der Waals surface area (Å²) in [6, 6.07) is 9.37. The highest BCUT2D eigenvalue weighted by molar-refractivity contribution is 6.44. The number of rotatable bonds is 7. The Morgan fingerprint density at radius 2 is 1.76 bits per heavy atom. The van der Waals surface area contributed by atoms with Crippen molar-refractivity contribution in [3.63, 3.8) is 0 Å².